The highest BCUT2D eigenvalue weighted by molar-refractivity contribution is 6.04. The summed E-state index contributed by atoms with van der Waals surface area (Å²) in [6.45, 7) is 1.83. The van der Waals surface area contributed by atoms with Gasteiger partial charge in [0, 0.05) is 5.57 Å². The van der Waals surface area contributed by atoms with Crippen molar-refractivity contribution in [3.8, 4) is 0 Å². The molecule has 2 heteroatoms. The molecule has 1 aliphatic carbocycles. The molecule has 0 bridgehead atoms. The molecule has 1 N–H and O–H groups in total. The summed E-state index contributed by atoms with van der Waals surface area (Å²) in [5.41, 5.74) is 5.88. The van der Waals surface area contributed by atoms with E-state index in [4.69, 9.17) is 0 Å². The summed E-state index contributed by atoms with van der Waals surface area (Å²) in [4.78, 5) is 11.2. The number of carbonyl (C=O) groups is 1. The highest BCUT2D eigenvalue weighted by Gasteiger charge is 2.12. The first-order chi connectivity index (χ1) is 8.66. The molecule has 1 aliphatic rings. The molecule has 2 rings (SSSR count). The van der Waals surface area contributed by atoms with Crippen LogP contribution in [0.4, 0.5) is 0 Å². The van der Waals surface area contributed by atoms with Crippen molar-refractivity contribution in [2.75, 3.05) is 0 Å². The summed E-state index contributed by atoms with van der Waals surface area (Å²) in [7, 11) is 0. The second-order valence-electron chi connectivity index (χ2n) is 4.17. The van der Waals surface area contributed by atoms with Crippen LogP contribution in [0, 0.1) is 0 Å². The number of aliphatic hydroxyl groups is 1. The second-order valence-corrected chi connectivity index (χ2v) is 4.17. The predicted molar refractivity (Wildman–Crippen MR) is 71.2 cm³/mol. The van der Waals surface area contributed by atoms with Crippen LogP contribution >= 0.6 is 0 Å². The summed E-state index contributed by atoms with van der Waals surface area (Å²) in [6, 6.07) is 10.1. The van der Waals surface area contributed by atoms with E-state index in [1.807, 2.05) is 43.3 Å². The molecule has 0 atom stereocenters. The van der Waals surface area contributed by atoms with Crippen LogP contribution in [-0.4, -0.2) is 10.9 Å². The molecule has 0 fully saturated rings. The van der Waals surface area contributed by atoms with Gasteiger partial charge in [-0.1, -0.05) is 30.3 Å². The van der Waals surface area contributed by atoms with Crippen LogP contribution in [0.15, 0.2) is 71.2 Å². The van der Waals surface area contributed by atoms with Gasteiger partial charge in [0.1, 0.15) is 0 Å². The Bertz CT molecular complexity index is 583. The van der Waals surface area contributed by atoms with Gasteiger partial charge in [-0.15, -0.1) is 5.73 Å². The predicted octanol–water partition coefficient (Wildman–Crippen LogP) is 3.28. The molecule has 0 saturated heterocycles. The molecular formula is C16H14O2. The van der Waals surface area contributed by atoms with Gasteiger partial charge in [-0.25, -0.2) is 0 Å². The largest absolute Gasteiger partial charge is 0.504 e. The van der Waals surface area contributed by atoms with Crippen molar-refractivity contribution >= 4 is 5.78 Å². The first-order valence-electron chi connectivity index (χ1n) is 5.79. The Kier molecular flexibility index (Phi) is 3.61. The smallest absolute Gasteiger partial charge is 0.220 e. The number of hydrogen-bond donors (Lipinski definition) is 1. The lowest BCUT2D eigenvalue weighted by Crippen LogP contribution is -2.04. The molecule has 0 amide bonds. The van der Waals surface area contributed by atoms with Crippen LogP contribution in [0.1, 0.15) is 12.5 Å². The lowest BCUT2D eigenvalue weighted by molar-refractivity contribution is -0.113. The van der Waals surface area contributed by atoms with Crippen molar-refractivity contribution in [1.29, 1.82) is 0 Å². The van der Waals surface area contributed by atoms with Gasteiger partial charge in [0.05, 0.1) is 0 Å². The molecule has 1 aromatic carbocycles. The zero-order valence-electron chi connectivity index (χ0n) is 10.2. The fraction of sp³-hybridized carbons (Fsp3) is 0.125. The normalized spacial score (nSPS) is 14.7. The van der Waals surface area contributed by atoms with Crippen LogP contribution in [0.25, 0.3) is 0 Å². The van der Waals surface area contributed by atoms with Crippen LogP contribution in [0.3, 0.4) is 0 Å². The van der Waals surface area contributed by atoms with Crippen molar-refractivity contribution in [3.05, 3.63) is 76.8 Å². The van der Waals surface area contributed by atoms with E-state index in [-0.39, 0.29) is 11.5 Å². The second kappa shape index (κ2) is 5.35. The topological polar surface area (TPSA) is 37.3 Å². The average molecular weight is 238 g/mol. The molecule has 18 heavy (non-hydrogen) atoms. The molecule has 0 aromatic heterocycles. The standard InChI is InChI=1S/C16H14O2/c1-12-10-15(17)16(18)11-14(12)9-5-8-13-6-3-2-4-7-13/h2-7,10-11,18H,8H2,1H3. The van der Waals surface area contributed by atoms with E-state index in [1.54, 1.807) is 0 Å². The molecule has 0 heterocycles. The number of allylic oxidation sites excluding steroid dienone is 4. The minimum Gasteiger partial charge on any atom is -0.504 e. The van der Waals surface area contributed by atoms with E-state index in [0.717, 1.165) is 17.6 Å². The molecule has 90 valence electrons. The molecule has 0 unspecified atom stereocenters. The van der Waals surface area contributed by atoms with E-state index in [2.05, 4.69) is 5.73 Å². The highest BCUT2D eigenvalue weighted by Crippen LogP contribution is 2.17. The Morgan fingerprint density at radius 2 is 1.94 bits per heavy atom. The van der Waals surface area contributed by atoms with Gasteiger partial charge in [0.15, 0.2) is 5.76 Å². The lowest BCUT2D eigenvalue weighted by atomic mass is 10.00. The van der Waals surface area contributed by atoms with Gasteiger partial charge in [-0.2, -0.15) is 0 Å². The number of carbonyl (C=O) groups excluding carboxylic acids is 1. The number of hydrogen-bond acceptors (Lipinski definition) is 2. The Balaban J connectivity index is 2.19. The first kappa shape index (κ1) is 12.2. The van der Waals surface area contributed by atoms with E-state index in [9.17, 15) is 9.90 Å². The average Bonchev–Trinajstić information content (AvgIpc) is 2.37. The van der Waals surface area contributed by atoms with Gasteiger partial charge in [0.2, 0.25) is 5.78 Å². The molecule has 0 spiro atoms. The van der Waals surface area contributed by atoms with Crippen molar-refractivity contribution in [3.63, 3.8) is 0 Å². The quantitative estimate of drug-likeness (QED) is 0.803. The van der Waals surface area contributed by atoms with Gasteiger partial charge < -0.3 is 5.11 Å². The van der Waals surface area contributed by atoms with Gasteiger partial charge in [-0.05, 0) is 42.7 Å². The summed E-state index contributed by atoms with van der Waals surface area (Å²) >= 11 is 0. The summed E-state index contributed by atoms with van der Waals surface area (Å²) in [5, 5.41) is 9.37. The Morgan fingerprint density at radius 3 is 2.67 bits per heavy atom. The van der Waals surface area contributed by atoms with E-state index < -0.39 is 0 Å². The van der Waals surface area contributed by atoms with Crippen molar-refractivity contribution in [1.82, 2.24) is 0 Å². The molecule has 2 nitrogen and oxygen atoms in total. The third-order valence-electron chi connectivity index (χ3n) is 2.74. The third kappa shape index (κ3) is 2.88. The molecule has 0 saturated carbocycles. The zero-order chi connectivity index (χ0) is 13.0. The molecule has 0 aliphatic heterocycles. The van der Waals surface area contributed by atoms with Crippen molar-refractivity contribution in [2.45, 2.75) is 13.3 Å². The molecule has 0 radical (unpaired) electrons. The number of aliphatic hydroxyl groups excluding tert-OH is 1. The Morgan fingerprint density at radius 1 is 1.22 bits per heavy atom. The fourth-order valence-electron chi connectivity index (χ4n) is 1.72. The molecule has 1 aromatic rings. The van der Waals surface area contributed by atoms with Crippen LogP contribution in [0.2, 0.25) is 0 Å². The van der Waals surface area contributed by atoms with Crippen molar-refractivity contribution in [2.24, 2.45) is 0 Å². The van der Waals surface area contributed by atoms with E-state index >= 15 is 0 Å². The van der Waals surface area contributed by atoms with Gasteiger partial charge in [0.25, 0.3) is 0 Å². The minimum atomic E-state index is -0.346. The summed E-state index contributed by atoms with van der Waals surface area (Å²) in [6.07, 6.45) is 5.56. The maximum atomic E-state index is 11.2. The monoisotopic (exact) mass is 238 g/mol. The van der Waals surface area contributed by atoms with E-state index in [0.29, 0.717) is 0 Å². The van der Waals surface area contributed by atoms with Crippen LogP contribution < -0.4 is 0 Å². The lowest BCUT2D eigenvalue weighted by Gasteiger charge is -2.06. The minimum absolute atomic E-state index is 0.226. The number of rotatable bonds is 2. The number of ketones is 1. The van der Waals surface area contributed by atoms with Crippen LogP contribution in [-0.2, 0) is 11.2 Å². The maximum absolute atomic E-state index is 11.2. The summed E-state index contributed by atoms with van der Waals surface area (Å²) in [5.74, 6) is -0.572. The third-order valence-corrected chi connectivity index (χ3v) is 2.74. The highest BCUT2D eigenvalue weighted by atomic mass is 16.3. The van der Waals surface area contributed by atoms with Gasteiger partial charge in [-0.3, -0.25) is 4.79 Å². The van der Waals surface area contributed by atoms with Crippen LogP contribution in [0.5, 0.6) is 0 Å². The Hall–Kier alpha value is -2.31. The fourth-order valence-corrected chi connectivity index (χ4v) is 1.72. The van der Waals surface area contributed by atoms with E-state index in [1.165, 1.54) is 17.7 Å². The first-order valence-corrected chi connectivity index (χ1v) is 5.79. The maximum Gasteiger partial charge on any atom is 0.220 e. The zero-order valence-corrected chi connectivity index (χ0v) is 10.2. The Labute approximate surface area is 106 Å². The van der Waals surface area contributed by atoms with Gasteiger partial charge >= 0.3 is 0 Å². The van der Waals surface area contributed by atoms with Crippen molar-refractivity contribution < 1.29 is 9.90 Å². The molecular weight excluding hydrogens is 224 g/mol. The summed E-state index contributed by atoms with van der Waals surface area (Å²) < 4.78 is 0. The number of benzene rings is 1. The SMILES string of the molecule is CC1=CC(=O)C(O)=CC1=C=CCc1ccccc1.